The molecule has 0 spiro atoms. The zero-order chi connectivity index (χ0) is 11.7. The van der Waals surface area contributed by atoms with Crippen molar-refractivity contribution in [2.45, 2.75) is 45.3 Å². The van der Waals surface area contributed by atoms with Crippen LogP contribution in [0.15, 0.2) is 22.8 Å². The van der Waals surface area contributed by atoms with Crippen molar-refractivity contribution in [2.75, 3.05) is 6.54 Å². The molecular formula is C13H22N2O. The Bertz CT molecular complexity index is 321. The van der Waals surface area contributed by atoms with E-state index in [2.05, 4.69) is 25.7 Å². The molecule has 2 N–H and O–H groups in total. The van der Waals surface area contributed by atoms with Gasteiger partial charge in [-0.05, 0) is 38.3 Å². The fraction of sp³-hybridized carbons (Fsp3) is 0.692. The summed E-state index contributed by atoms with van der Waals surface area (Å²) in [4.78, 5) is 2.48. The Morgan fingerprint density at radius 1 is 1.50 bits per heavy atom. The summed E-state index contributed by atoms with van der Waals surface area (Å²) in [5.41, 5.74) is 6.11. The molecule has 2 rings (SSSR count). The molecule has 1 aliphatic rings. The molecule has 1 aromatic heterocycles. The topological polar surface area (TPSA) is 42.4 Å². The number of likely N-dealkylation sites (tertiary alicyclic amines) is 1. The molecule has 0 aliphatic carbocycles. The van der Waals surface area contributed by atoms with Gasteiger partial charge in [0.05, 0.1) is 12.3 Å². The molecule has 1 fully saturated rings. The fourth-order valence-electron chi connectivity index (χ4n) is 2.90. The molecule has 1 saturated heterocycles. The highest BCUT2D eigenvalue weighted by Gasteiger charge is 2.35. The maximum absolute atomic E-state index is 6.11. The molecule has 4 unspecified atom stereocenters. The fourth-order valence-corrected chi connectivity index (χ4v) is 2.90. The van der Waals surface area contributed by atoms with E-state index in [1.807, 2.05) is 12.1 Å². The summed E-state index contributed by atoms with van der Waals surface area (Å²) in [7, 11) is 0. The molecule has 0 bridgehead atoms. The van der Waals surface area contributed by atoms with E-state index in [-0.39, 0.29) is 12.1 Å². The van der Waals surface area contributed by atoms with Gasteiger partial charge < -0.3 is 10.2 Å². The van der Waals surface area contributed by atoms with Gasteiger partial charge in [0, 0.05) is 18.6 Å². The smallest absolute Gasteiger partial charge is 0.122 e. The van der Waals surface area contributed by atoms with Gasteiger partial charge in [0.1, 0.15) is 5.76 Å². The average molecular weight is 222 g/mol. The van der Waals surface area contributed by atoms with E-state index in [4.69, 9.17) is 10.2 Å². The number of furan rings is 1. The average Bonchev–Trinajstić information content (AvgIpc) is 2.78. The van der Waals surface area contributed by atoms with Crippen LogP contribution in [-0.4, -0.2) is 23.5 Å². The Morgan fingerprint density at radius 2 is 2.25 bits per heavy atom. The SMILES string of the molecule is CC1CC(C)N(C(c2ccco2)C(C)N)C1. The first kappa shape index (κ1) is 11.7. The zero-order valence-corrected chi connectivity index (χ0v) is 10.4. The number of nitrogens with zero attached hydrogens (tertiary/aromatic N) is 1. The monoisotopic (exact) mass is 222 g/mol. The van der Waals surface area contributed by atoms with Gasteiger partial charge in [-0.1, -0.05) is 6.92 Å². The standard InChI is InChI=1S/C13H22N2O/c1-9-7-10(2)15(8-9)13(11(3)14)12-5-4-6-16-12/h4-6,9-11,13H,7-8,14H2,1-3H3. The highest BCUT2D eigenvalue weighted by molar-refractivity contribution is 5.09. The van der Waals surface area contributed by atoms with Crippen molar-refractivity contribution in [3.8, 4) is 0 Å². The van der Waals surface area contributed by atoms with Crippen molar-refractivity contribution >= 4 is 0 Å². The van der Waals surface area contributed by atoms with E-state index in [0.717, 1.165) is 18.2 Å². The second kappa shape index (κ2) is 4.60. The lowest BCUT2D eigenvalue weighted by molar-refractivity contribution is 0.146. The minimum atomic E-state index is 0.0962. The van der Waals surface area contributed by atoms with Crippen molar-refractivity contribution in [3.63, 3.8) is 0 Å². The summed E-state index contributed by atoms with van der Waals surface area (Å²) in [5, 5.41) is 0. The predicted octanol–water partition coefficient (Wildman–Crippen LogP) is 2.40. The molecule has 16 heavy (non-hydrogen) atoms. The third-order valence-electron chi connectivity index (χ3n) is 3.52. The van der Waals surface area contributed by atoms with Crippen LogP contribution in [0.25, 0.3) is 0 Å². The molecule has 0 aromatic carbocycles. The molecule has 1 aliphatic heterocycles. The van der Waals surface area contributed by atoms with Gasteiger partial charge in [-0.15, -0.1) is 0 Å². The maximum Gasteiger partial charge on any atom is 0.122 e. The van der Waals surface area contributed by atoms with Gasteiger partial charge in [0.15, 0.2) is 0 Å². The summed E-state index contributed by atoms with van der Waals surface area (Å²) in [6.07, 6.45) is 2.98. The van der Waals surface area contributed by atoms with Crippen LogP contribution in [0.4, 0.5) is 0 Å². The quantitative estimate of drug-likeness (QED) is 0.854. The summed E-state index contributed by atoms with van der Waals surface area (Å²) >= 11 is 0. The van der Waals surface area contributed by atoms with Crippen LogP contribution >= 0.6 is 0 Å². The van der Waals surface area contributed by atoms with Gasteiger partial charge >= 0.3 is 0 Å². The Labute approximate surface area is 97.6 Å². The maximum atomic E-state index is 6.11. The first-order valence-corrected chi connectivity index (χ1v) is 6.14. The second-order valence-electron chi connectivity index (χ2n) is 5.21. The van der Waals surface area contributed by atoms with E-state index in [1.165, 1.54) is 6.42 Å². The summed E-state index contributed by atoms with van der Waals surface area (Å²) < 4.78 is 5.53. The number of hydrogen-bond acceptors (Lipinski definition) is 3. The predicted molar refractivity (Wildman–Crippen MR) is 65.0 cm³/mol. The molecule has 0 amide bonds. The highest BCUT2D eigenvalue weighted by Crippen LogP contribution is 2.33. The van der Waals surface area contributed by atoms with Crippen molar-refractivity contribution in [1.29, 1.82) is 0 Å². The molecule has 1 aromatic rings. The largest absolute Gasteiger partial charge is 0.468 e. The first-order chi connectivity index (χ1) is 7.59. The van der Waals surface area contributed by atoms with Crippen LogP contribution in [0.3, 0.4) is 0 Å². The minimum Gasteiger partial charge on any atom is -0.468 e. The second-order valence-corrected chi connectivity index (χ2v) is 5.21. The Hall–Kier alpha value is -0.800. The zero-order valence-electron chi connectivity index (χ0n) is 10.4. The molecule has 90 valence electrons. The van der Waals surface area contributed by atoms with Crippen molar-refractivity contribution < 1.29 is 4.42 Å². The molecule has 3 heteroatoms. The number of rotatable bonds is 3. The van der Waals surface area contributed by atoms with Gasteiger partial charge in [-0.3, -0.25) is 4.90 Å². The highest BCUT2D eigenvalue weighted by atomic mass is 16.3. The van der Waals surface area contributed by atoms with E-state index in [9.17, 15) is 0 Å². The van der Waals surface area contributed by atoms with Crippen LogP contribution in [0.5, 0.6) is 0 Å². The molecule has 0 radical (unpaired) electrons. The molecule has 4 atom stereocenters. The number of nitrogens with two attached hydrogens (primary N) is 1. The summed E-state index contributed by atoms with van der Waals surface area (Å²) in [5.74, 6) is 1.75. The van der Waals surface area contributed by atoms with Crippen molar-refractivity contribution in [2.24, 2.45) is 11.7 Å². The normalized spacial score (nSPS) is 30.5. The van der Waals surface area contributed by atoms with Crippen LogP contribution in [-0.2, 0) is 0 Å². The van der Waals surface area contributed by atoms with Crippen molar-refractivity contribution in [1.82, 2.24) is 4.90 Å². The van der Waals surface area contributed by atoms with Crippen LogP contribution in [0.1, 0.15) is 39.0 Å². The first-order valence-electron chi connectivity index (χ1n) is 6.14. The molecule has 3 nitrogen and oxygen atoms in total. The lowest BCUT2D eigenvalue weighted by Gasteiger charge is -2.32. The molecule has 2 heterocycles. The Balaban J connectivity index is 2.20. The lowest BCUT2D eigenvalue weighted by atomic mass is 10.1. The summed E-state index contributed by atoms with van der Waals surface area (Å²) in [6, 6.07) is 4.88. The van der Waals surface area contributed by atoms with Crippen LogP contribution in [0, 0.1) is 5.92 Å². The van der Waals surface area contributed by atoms with E-state index >= 15 is 0 Å². The van der Waals surface area contributed by atoms with Crippen LogP contribution < -0.4 is 5.73 Å². The Kier molecular flexibility index (Phi) is 3.36. The third kappa shape index (κ3) is 2.15. The van der Waals surface area contributed by atoms with Gasteiger partial charge in [0.25, 0.3) is 0 Å². The molecular weight excluding hydrogens is 200 g/mol. The van der Waals surface area contributed by atoms with Crippen molar-refractivity contribution in [3.05, 3.63) is 24.2 Å². The number of hydrogen-bond donors (Lipinski definition) is 1. The van der Waals surface area contributed by atoms with E-state index in [1.54, 1.807) is 6.26 Å². The van der Waals surface area contributed by atoms with Gasteiger partial charge in [-0.25, -0.2) is 0 Å². The minimum absolute atomic E-state index is 0.0962. The molecule has 0 saturated carbocycles. The lowest BCUT2D eigenvalue weighted by Crippen LogP contribution is -2.41. The van der Waals surface area contributed by atoms with E-state index in [0.29, 0.717) is 6.04 Å². The third-order valence-corrected chi connectivity index (χ3v) is 3.52. The van der Waals surface area contributed by atoms with Gasteiger partial charge in [0.2, 0.25) is 0 Å². The van der Waals surface area contributed by atoms with Gasteiger partial charge in [-0.2, -0.15) is 0 Å². The van der Waals surface area contributed by atoms with Crippen LogP contribution in [0.2, 0.25) is 0 Å². The Morgan fingerprint density at radius 3 is 2.69 bits per heavy atom. The summed E-state index contributed by atoms with van der Waals surface area (Å²) in [6.45, 7) is 7.76. The van der Waals surface area contributed by atoms with E-state index < -0.39 is 0 Å².